The molecule has 0 atom stereocenters. The van der Waals surface area contributed by atoms with Crippen LogP contribution in [-0.2, 0) is 4.74 Å². The molecule has 0 unspecified atom stereocenters. The van der Waals surface area contributed by atoms with Crippen molar-refractivity contribution in [1.82, 2.24) is 5.32 Å². The van der Waals surface area contributed by atoms with Crippen LogP contribution in [0.2, 0.25) is 10.0 Å². The van der Waals surface area contributed by atoms with Crippen LogP contribution in [-0.4, -0.2) is 44.4 Å². The average Bonchev–Trinajstić information content (AvgIpc) is 2.68. The molecule has 1 saturated heterocycles. The zero-order chi connectivity index (χ0) is 20.1. The molecule has 6 nitrogen and oxygen atoms in total. The fraction of sp³-hybridized carbons (Fsp3) is 0.263. The molecule has 1 fully saturated rings. The maximum atomic E-state index is 12.5. The van der Waals surface area contributed by atoms with Crippen LogP contribution >= 0.6 is 35.4 Å². The van der Waals surface area contributed by atoms with Gasteiger partial charge in [-0.1, -0.05) is 35.3 Å². The van der Waals surface area contributed by atoms with E-state index in [9.17, 15) is 4.79 Å². The third kappa shape index (κ3) is 4.86. The van der Waals surface area contributed by atoms with Crippen molar-refractivity contribution in [3.8, 4) is 5.75 Å². The molecule has 9 heteroatoms. The van der Waals surface area contributed by atoms with E-state index < -0.39 is 5.91 Å². The number of para-hydroxylation sites is 2. The van der Waals surface area contributed by atoms with Crippen LogP contribution in [0, 0.1) is 0 Å². The van der Waals surface area contributed by atoms with Crippen LogP contribution < -0.4 is 20.3 Å². The molecule has 0 saturated carbocycles. The zero-order valence-electron chi connectivity index (χ0n) is 15.1. The topological polar surface area (TPSA) is 62.8 Å². The summed E-state index contributed by atoms with van der Waals surface area (Å²) in [5.41, 5.74) is 2.08. The standard InChI is InChI=1S/C19H19Cl2N3O3S/c1-26-17-13(20)10-12(11-14(17)21)18(25)23-19(28)22-15-4-2-3-5-16(15)24-6-8-27-9-7-24/h2-5,10-11H,6-9H2,1H3,(H2,22,23,25,28). The summed E-state index contributed by atoms with van der Waals surface area (Å²) in [7, 11) is 1.46. The molecule has 1 heterocycles. The minimum atomic E-state index is -0.423. The molecule has 0 bridgehead atoms. The number of nitrogens with one attached hydrogen (secondary N) is 2. The zero-order valence-corrected chi connectivity index (χ0v) is 17.5. The lowest BCUT2D eigenvalue weighted by Crippen LogP contribution is -2.38. The van der Waals surface area contributed by atoms with E-state index in [4.69, 9.17) is 44.9 Å². The number of anilines is 2. The highest BCUT2D eigenvalue weighted by atomic mass is 35.5. The summed E-state index contributed by atoms with van der Waals surface area (Å²) in [6, 6.07) is 10.7. The number of nitrogens with zero attached hydrogens (tertiary/aromatic N) is 1. The second-order valence-corrected chi connectivity index (χ2v) is 7.22. The first-order chi connectivity index (χ1) is 13.5. The van der Waals surface area contributed by atoms with Crippen molar-refractivity contribution in [2.75, 3.05) is 43.6 Å². The van der Waals surface area contributed by atoms with Crippen LogP contribution in [0.25, 0.3) is 0 Å². The van der Waals surface area contributed by atoms with Crippen molar-refractivity contribution in [1.29, 1.82) is 0 Å². The van der Waals surface area contributed by atoms with Gasteiger partial charge in [0.2, 0.25) is 0 Å². The van der Waals surface area contributed by atoms with E-state index in [1.54, 1.807) is 0 Å². The normalized spacial score (nSPS) is 13.8. The number of hydrogen-bond acceptors (Lipinski definition) is 5. The lowest BCUT2D eigenvalue weighted by atomic mass is 10.2. The number of halogens is 2. The fourth-order valence-corrected chi connectivity index (χ4v) is 3.72. The number of morpholine rings is 1. The lowest BCUT2D eigenvalue weighted by Gasteiger charge is -2.30. The SMILES string of the molecule is COc1c(Cl)cc(C(=O)NC(=S)Nc2ccccc2N2CCOCC2)cc1Cl. The predicted molar refractivity (Wildman–Crippen MR) is 116 cm³/mol. The summed E-state index contributed by atoms with van der Waals surface area (Å²) in [5, 5.41) is 6.40. The Morgan fingerprint density at radius 3 is 2.46 bits per heavy atom. The van der Waals surface area contributed by atoms with E-state index in [2.05, 4.69) is 15.5 Å². The van der Waals surface area contributed by atoms with Crippen molar-refractivity contribution in [3.63, 3.8) is 0 Å². The van der Waals surface area contributed by atoms with E-state index >= 15 is 0 Å². The number of ether oxygens (including phenoxy) is 2. The molecule has 0 aliphatic carbocycles. The van der Waals surface area contributed by atoms with Gasteiger partial charge >= 0.3 is 0 Å². The number of carbonyl (C=O) groups is 1. The molecular weight excluding hydrogens is 421 g/mol. The molecule has 148 valence electrons. The van der Waals surface area contributed by atoms with Gasteiger partial charge in [0.15, 0.2) is 10.9 Å². The van der Waals surface area contributed by atoms with Gasteiger partial charge in [0.1, 0.15) is 0 Å². The number of rotatable bonds is 4. The van der Waals surface area contributed by atoms with E-state index in [0.717, 1.165) is 24.5 Å². The van der Waals surface area contributed by atoms with E-state index in [1.807, 2.05) is 24.3 Å². The fourth-order valence-electron chi connectivity index (χ4n) is 2.87. The van der Waals surface area contributed by atoms with Crippen LogP contribution in [0.1, 0.15) is 10.4 Å². The Kier molecular flexibility index (Phi) is 6.96. The molecule has 2 aromatic carbocycles. The summed E-state index contributed by atoms with van der Waals surface area (Å²) in [6.45, 7) is 2.93. The molecule has 1 aliphatic rings. The van der Waals surface area contributed by atoms with Crippen LogP contribution in [0.3, 0.4) is 0 Å². The van der Waals surface area contributed by atoms with Crippen molar-refractivity contribution in [3.05, 3.63) is 52.0 Å². The van der Waals surface area contributed by atoms with Gasteiger partial charge in [-0.05, 0) is 36.5 Å². The quantitative estimate of drug-likeness (QED) is 0.702. The first-order valence-corrected chi connectivity index (χ1v) is 9.73. The Labute approximate surface area is 178 Å². The maximum absolute atomic E-state index is 12.5. The summed E-state index contributed by atoms with van der Waals surface area (Å²) >= 11 is 17.5. The van der Waals surface area contributed by atoms with Gasteiger partial charge in [-0.2, -0.15) is 0 Å². The van der Waals surface area contributed by atoms with Crippen molar-refractivity contribution in [2.45, 2.75) is 0 Å². The first kappa shape index (κ1) is 20.7. The van der Waals surface area contributed by atoms with E-state index in [0.29, 0.717) is 19.0 Å². The molecular formula is C19H19Cl2N3O3S. The summed E-state index contributed by atoms with van der Waals surface area (Å²) < 4.78 is 10.5. The maximum Gasteiger partial charge on any atom is 0.257 e. The number of hydrogen-bond donors (Lipinski definition) is 2. The molecule has 0 spiro atoms. The molecule has 2 aromatic rings. The van der Waals surface area contributed by atoms with Crippen molar-refractivity contribution >= 4 is 57.8 Å². The van der Waals surface area contributed by atoms with E-state index in [-0.39, 0.29) is 20.7 Å². The Bertz CT molecular complexity index is 865. The predicted octanol–water partition coefficient (Wildman–Crippen LogP) is 3.97. The Morgan fingerprint density at radius 2 is 1.82 bits per heavy atom. The largest absolute Gasteiger partial charge is 0.494 e. The van der Waals surface area contributed by atoms with Crippen LogP contribution in [0.15, 0.2) is 36.4 Å². The van der Waals surface area contributed by atoms with Gasteiger partial charge in [-0.25, -0.2) is 0 Å². The highest BCUT2D eigenvalue weighted by Gasteiger charge is 2.17. The van der Waals surface area contributed by atoms with Crippen LogP contribution in [0.5, 0.6) is 5.75 Å². The van der Waals surface area contributed by atoms with Gasteiger partial charge in [-0.15, -0.1) is 0 Å². The smallest absolute Gasteiger partial charge is 0.257 e. The molecule has 1 amide bonds. The third-order valence-electron chi connectivity index (χ3n) is 4.20. The number of thiocarbonyl (C=S) groups is 1. The molecule has 1 aliphatic heterocycles. The Hall–Kier alpha value is -2.06. The van der Waals surface area contributed by atoms with Gasteiger partial charge in [0, 0.05) is 18.7 Å². The molecule has 3 rings (SSSR count). The monoisotopic (exact) mass is 439 g/mol. The first-order valence-electron chi connectivity index (χ1n) is 8.56. The van der Waals surface area contributed by atoms with Crippen molar-refractivity contribution < 1.29 is 14.3 Å². The number of carbonyl (C=O) groups excluding carboxylic acids is 1. The van der Waals surface area contributed by atoms with Crippen LogP contribution in [0.4, 0.5) is 11.4 Å². The summed E-state index contributed by atoms with van der Waals surface area (Å²) in [4.78, 5) is 14.7. The van der Waals surface area contributed by atoms with Gasteiger partial charge in [-0.3, -0.25) is 10.1 Å². The Balaban J connectivity index is 1.70. The minimum Gasteiger partial charge on any atom is -0.494 e. The van der Waals surface area contributed by atoms with Gasteiger partial charge < -0.3 is 19.7 Å². The second kappa shape index (κ2) is 9.43. The summed E-state index contributed by atoms with van der Waals surface area (Å²) in [6.07, 6.45) is 0. The number of amides is 1. The van der Waals surface area contributed by atoms with Gasteiger partial charge in [0.25, 0.3) is 5.91 Å². The molecule has 28 heavy (non-hydrogen) atoms. The van der Waals surface area contributed by atoms with E-state index in [1.165, 1.54) is 19.2 Å². The Morgan fingerprint density at radius 1 is 1.18 bits per heavy atom. The molecule has 0 aromatic heterocycles. The second-order valence-electron chi connectivity index (χ2n) is 6.00. The highest BCUT2D eigenvalue weighted by Crippen LogP contribution is 2.33. The molecule has 2 N–H and O–H groups in total. The highest BCUT2D eigenvalue weighted by molar-refractivity contribution is 7.80. The lowest BCUT2D eigenvalue weighted by molar-refractivity contribution is 0.0977. The van der Waals surface area contributed by atoms with Crippen molar-refractivity contribution in [2.24, 2.45) is 0 Å². The molecule has 0 radical (unpaired) electrons. The average molecular weight is 440 g/mol. The van der Waals surface area contributed by atoms with Gasteiger partial charge in [0.05, 0.1) is 41.7 Å². The third-order valence-corrected chi connectivity index (χ3v) is 4.96. The number of methoxy groups -OCH3 is 1. The number of benzene rings is 2. The minimum absolute atomic E-state index is 0.175. The summed E-state index contributed by atoms with van der Waals surface area (Å²) in [5.74, 6) is -0.104.